The molecular formula is C10H20N4O2. The molecule has 0 bridgehead atoms. The van der Waals surface area contributed by atoms with Gasteiger partial charge in [0.1, 0.15) is 6.04 Å². The van der Waals surface area contributed by atoms with Crippen LogP contribution in [0.25, 0.3) is 0 Å². The van der Waals surface area contributed by atoms with Gasteiger partial charge < -0.3 is 21.1 Å². The lowest BCUT2D eigenvalue weighted by atomic mass is 10.2. The standard InChI is InChI=1S/C10H20N4O2/c1-16-9(15)8(11)3-2-6-13-10(12)14-7-4-5-7/h7-8H,2-6,11H2,1H3,(H3,12,13,14)/t8-/m0/s1. The molecule has 0 unspecified atom stereocenters. The summed E-state index contributed by atoms with van der Waals surface area (Å²) in [5.41, 5.74) is 5.56. The maximum atomic E-state index is 11.0. The second-order valence-corrected chi connectivity index (χ2v) is 3.99. The zero-order chi connectivity index (χ0) is 12.0. The van der Waals surface area contributed by atoms with Gasteiger partial charge in [0, 0.05) is 12.6 Å². The SMILES string of the molecule is COC(=O)[C@@H](N)CCCNC(=N)NC1CC1. The van der Waals surface area contributed by atoms with Crippen molar-refractivity contribution in [2.75, 3.05) is 13.7 Å². The highest BCUT2D eigenvalue weighted by atomic mass is 16.5. The molecule has 1 aliphatic carbocycles. The van der Waals surface area contributed by atoms with Crippen molar-refractivity contribution in [1.29, 1.82) is 5.41 Å². The zero-order valence-corrected chi connectivity index (χ0v) is 9.58. The first-order valence-electron chi connectivity index (χ1n) is 5.56. The van der Waals surface area contributed by atoms with Crippen molar-refractivity contribution in [3.63, 3.8) is 0 Å². The van der Waals surface area contributed by atoms with E-state index in [1.807, 2.05) is 0 Å². The van der Waals surface area contributed by atoms with E-state index in [0.717, 1.165) is 19.3 Å². The molecule has 0 saturated heterocycles. The van der Waals surface area contributed by atoms with Crippen LogP contribution in [0.15, 0.2) is 0 Å². The molecule has 16 heavy (non-hydrogen) atoms. The minimum Gasteiger partial charge on any atom is -0.468 e. The number of rotatable bonds is 6. The van der Waals surface area contributed by atoms with E-state index < -0.39 is 6.04 Å². The molecule has 6 heteroatoms. The Kier molecular flexibility index (Phi) is 5.04. The van der Waals surface area contributed by atoms with Crippen LogP contribution < -0.4 is 16.4 Å². The summed E-state index contributed by atoms with van der Waals surface area (Å²) in [6.07, 6.45) is 3.61. The number of nitrogens with one attached hydrogen (secondary N) is 3. The van der Waals surface area contributed by atoms with Gasteiger partial charge in [0.2, 0.25) is 0 Å². The van der Waals surface area contributed by atoms with Crippen LogP contribution in [-0.4, -0.2) is 37.7 Å². The average molecular weight is 228 g/mol. The number of nitrogens with two attached hydrogens (primary N) is 1. The van der Waals surface area contributed by atoms with E-state index in [0.29, 0.717) is 25.0 Å². The van der Waals surface area contributed by atoms with Gasteiger partial charge in [-0.15, -0.1) is 0 Å². The predicted molar refractivity (Wildman–Crippen MR) is 61.1 cm³/mol. The van der Waals surface area contributed by atoms with E-state index in [2.05, 4.69) is 15.4 Å². The number of esters is 1. The van der Waals surface area contributed by atoms with Gasteiger partial charge in [0.05, 0.1) is 7.11 Å². The smallest absolute Gasteiger partial charge is 0.322 e. The third-order valence-corrected chi connectivity index (χ3v) is 2.42. The highest BCUT2D eigenvalue weighted by Crippen LogP contribution is 2.17. The van der Waals surface area contributed by atoms with Crippen molar-refractivity contribution in [2.45, 2.75) is 37.8 Å². The topological polar surface area (TPSA) is 100 Å². The van der Waals surface area contributed by atoms with Crippen molar-refractivity contribution in [2.24, 2.45) is 5.73 Å². The summed E-state index contributed by atoms with van der Waals surface area (Å²) in [5.74, 6) is -0.0275. The third kappa shape index (κ3) is 4.97. The average Bonchev–Trinajstić information content (AvgIpc) is 3.06. The van der Waals surface area contributed by atoms with Gasteiger partial charge in [-0.3, -0.25) is 10.2 Å². The summed E-state index contributed by atoms with van der Waals surface area (Å²) in [6, 6.07) is -0.0744. The number of methoxy groups -OCH3 is 1. The third-order valence-electron chi connectivity index (χ3n) is 2.42. The molecule has 1 atom stereocenters. The highest BCUT2D eigenvalue weighted by molar-refractivity contribution is 5.77. The molecule has 5 N–H and O–H groups in total. The first-order valence-corrected chi connectivity index (χ1v) is 5.56. The Hall–Kier alpha value is -1.30. The van der Waals surface area contributed by atoms with Gasteiger partial charge in [-0.25, -0.2) is 0 Å². The molecule has 0 amide bonds. The Balaban J connectivity index is 1.97. The highest BCUT2D eigenvalue weighted by Gasteiger charge is 2.21. The molecule has 0 aliphatic heterocycles. The Morgan fingerprint density at radius 3 is 2.88 bits per heavy atom. The summed E-state index contributed by atoms with van der Waals surface area (Å²) in [7, 11) is 1.33. The van der Waals surface area contributed by atoms with Crippen LogP contribution in [0.1, 0.15) is 25.7 Å². The first-order chi connectivity index (χ1) is 7.63. The van der Waals surface area contributed by atoms with E-state index in [1.165, 1.54) is 7.11 Å². The lowest BCUT2D eigenvalue weighted by Crippen LogP contribution is -2.39. The molecule has 92 valence electrons. The molecule has 1 rings (SSSR count). The summed E-state index contributed by atoms with van der Waals surface area (Å²) in [6.45, 7) is 0.642. The van der Waals surface area contributed by atoms with E-state index in [1.54, 1.807) is 0 Å². The molecule has 0 heterocycles. The first kappa shape index (κ1) is 12.8. The normalized spacial score (nSPS) is 16.4. The van der Waals surface area contributed by atoms with Crippen LogP contribution >= 0.6 is 0 Å². The number of carbonyl (C=O) groups is 1. The molecule has 0 spiro atoms. The predicted octanol–water partition coefficient (Wildman–Crippen LogP) is -0.457. The minimum atomic E-state index is -0.558. The van der Waals surface area contributed by atoms with E-state index >= 15 is 0 Å². The Morgan fingerprint density at radius 1 is 1.62 bits per heavy atom. The van der Waals surface area contributed by atoms with Crippen molar-refractivity contribution in [3.8, 4) is 0 Å². The van der Waals surface area contributed by atoms with Crippen LogP contribution in [-0.2, 0) is 9.53 Å². The molecule has 0 aromatic heterocycles. The van der Waals surface area contributed by atoms with Crippen LogP contribution in [0.5, 0.6) is 0 Å². The van der Waals surface area contributed by atoms with Crippen molar-refractivity contribution in [3.05, 3.63) is 0 Å². The van der Waals surface area contributed by atoms with Crippen molar-refractivity contribution < 1.29 is 9.53 Å². The molecule has 0 aromatic carbocycles. The number of ether oxygens (including phenoxy) is 1. The maximum Gasteiger partial charge on any atom is 0.322 e. The monoisotopic (exact) mass is 228 g/mol. The lowest BCUT2D eigenvalue weighted by Gasteiger charge is -2.11. The quantitative estimate of drug-likeness (QED) is 0.213. The maximum absolute atomic E-state index is 11.0. The molecule has 0 aromatic rings. The summed E-state index contributed by atoms with van der Waals surface area (Å²) >= 11 is 0. The number of carbonyl (C=O) groups excluding carboxylic acids is 1. The Morgan fingerprint density at radius 2 is 2.31 bits per heavy atom. The molecule has 1 fully saturated rings. The van der Waals surface area contributed by atoms with Gasteiger partial charge in [-0.05, 0) is 25.7 Å². The van der Waals surface area contributed by atoms with Crippen molar-refractivity contribution >= 4 is 11.9 Å². The van der Waals surface area contributed by atoms with Crippen LogP contribution in [0.2, 0.25) is 0 Å². The van der Waals surface area contributed by atoms with Crippen LogP contribution in [0.4, 0.5) is 0 Å². The van der Waals surface area contributed by atoms with E-state index in [4.69, 9.17) is 11.1 Å². The second-order valence-electron chi connectivity index (χ2n) is 3.99. The van der Waals surface area contributed by atoms with Gasteiger partial charge in [0.25, 0.3) is 0 Å². The summed E-state index contributed by atoms with van der Waals surface area (Å²) < 4.78 is 4.51. The van der Waals surface area contributed by atoms with Gasteiger partial charge in [-0.2, -0.15) is 0 Å². The molecule has 1 aliphatic rings. The number of guanidine groups is 1. The minimum absolute atomic E-state index is 0.356. The van der Waals surface area contributed by atoms with E-state index in [9.17, 15) is 4.79 Å². The molecular weight excluding hydrogens is 208 g/mol. The fourth-order valence-corrected chi connectivity index (χ4v) is 1.29. The Labute approximate surface area is 95.4 Å². The van der Waals surface area contributed by atoms with E-state index in [-0.39, 0.29) is 5.97 Å². The van der Waals surface area contributed by atoms with Crippen LogP contribution in [0.3, 0.4) is 0 Å². The van der Waals surface area contributed by atoms with Crippen LogP contribution in [0, 0.1) is 5.41 Å². The zero-order valence-electron chi connectivity index (χ0n) is 9.58. The van der Waals surface area contributed by atoms with Gasteiger partial charge >= 0.3 is 5.97 Å². The fraction of sp³-hybridized carbons (Fsp3) is 0.800. The molecule has 0 radical (unpaired) electrons. The van der Waals surface area contributed by atoms with Gasteiger partial charge in [0.15, 0.2) is 5.96 Å². The van der Waals surface area contributed by atoms with Gasteiger partial charge in [-0.1, -0.05) is 0 Å². The largest absolute Gasteiger partial charge is 0.468 e. The fourth-order valence-electron chi connectivity index (χ4n) is 1.29. The summed E-state index contributed by atoms with van der Waals surface area (Å²) in [4.78, 5) is 11.0. The lowest BCUT2D eigenvalue weighted by molar-refractivity contribution is -0.142. The molecule has 1 saturated carbocycles. The van der Waals surface area contributed by atoms with Crippen molar-refractivity contribution in [1.82, 2.24) is 10.6 Å². The number of hydrogen-bond acceptors (Lipinski definition) is 4. The second kappa shape index (κ2) is 6.32. The number of hydrogen-bond donors (Lipinski definition) is 4. The molecule has 6 nitrogen and oxygen atoms in total. The Bertz CT molecular complexity index is 253. The summed E-state index contributed by atoms with van der Waals surface area (Å²) in [5, 5.41) is 13.5.